The highest BCUT2D eigenvalue weighted by molar-refractivity contribution is 6.32. The molecule has 114 valence electrons. The average Bonchev–Trinajstić information content (AvgIpc) is 2.84. The lowest BCUT2D eigenvalue weighted by molar-refractivity contribution is 0.151. The van der Waals surface area contributed by atoms with E-state index in [1.165, 1.54) is 6.07 Å². The van der Waals surface area contributed by atoms with Gasteiger partial charge >= 0.3 is 6.09 Å². The number of fused-ring (bicyclic) bond motifs is 1. The quantitative estimate of drug-likeness (QED) is 0.730. The number of amides is 1. The third-order valence-electron chi connectivity index (χ3n) is 3.49. The van der Waals surface area contributed by atoms with Crippen LogP contribution >= 0.6 is 0 Å². The zero-order valence-electron chi connectivity index (χ0n) is 11.9. The SMILES string of the molecule is [B]c1ccc(-c2[nH]c3c(F)cc(F)cc3c2COC(N)=O)cc1. The first kappa shape index (κ1) is 15.1. The molecule has 3 N–H and O–H groups in total. The van der Waals surface area contributed by atoms with Gasteiger partial charge in [-0.05, 0) is 11.6 Å². The number of aromatic amines is 1. The molecule has 0 spiro atoms. The first-order valence-electron chi connectivity index (χ1n) is 6.73. The molecule has 1 amide bonds. The van der Waals surface area contributed by atoms with E-state index in [1.54, 1.807) is 24.3 Å². The first-order valence-corrected chi connectivity index (χ1v) is 6.73. The van der Waals surface area contributed by atoms with Crippen molar-refractivity contribution in [3.8, 4) is 11.3 Å². The number of primary amides is 1. The molecule has 0 unspecified atom stereocenters. The highest BCUT2D eigenvalue weighted by Crippen LogP contribution is 2.32. The molecule has 3 aromatic rings. The number of nitrogens with one attached hydrogen (secondary N) is 1. The Bertz CT molecular complexity index is 891. The molecule has 0 fully saturated rings. The maximum Gasteiger partial charge on any atom is 0.404 e. The molecule has 23 heavy (non-hydrogen) atoms. The first-order chi connectivity index (χ1) is 11.0. The van der Waals surface area contributed by atoms with Crippen molar-refractivity contribution in [2.24, 2.45) is 5.73 Å². The highest BCUT2D eigenvalue weighted by atomic mass is 19.1. The molecule has 0 saturated carbocycles. The predicted molar refractivity (Wildman–Crippen MR) is 83.4 cm³/mol. The molecule has 4 nitrogen and oxygen atoms in total. The summed E-state index contributed by atoms with van der Waals surface area (Å²) in [5.74, 6) is -1.46. The Morgan fingerprint density at radius 3 is 2.57 bits per heavy atom. The van der Waals surface area contributed by atoms with Gasteiger partial charge in [-0.15, -0.1) is 0 Å². The zero-order valence-corrected chi connectivity index (χ0v) is 11.9. The third-order valence-corrected chi connectivity index (χ3v) is 3.49. The van der Waals surface area contributed by atoms with Crippen LogP contribution in [0.3, 0.4) is 0 Å². The molecule has 2 aromatic carbocycles. The monoisotopic (exact) mass is 312 g/mol. The van der Waals surface area contributed by atoms with Gasteiger partial charge in [-0.2, -0.15) is 0 Å². The smallest absolute Gasteiger partial charge is 0.404 e. The van der Waals surface area contributed by atoms with E-state index in [1.807, 2.05) is 0 Å². The molecule has 2 radical (unpaired) electrons. The van der Waals surface area contributed by atoms with E-state index in [2.05, 4.69) is 4.98 Å². The van der Waals surface area contributed by atoms with Crippen LogP contribution in [0, 0.1) is 11.6 Å². The summed E-state index contributed by atoms with van der Waals surface area (Å²) in [6, 6.07) is 8.76. The average molecular weight is 312 g/mol. The second kappa shape index (κ2) is 5.76. The Morgan fingerprint density at radius 1 is 1.22 bits per heavy atom. The van der Waals surface area contributed by atoms with Gasteiger partial charge in [0.2, 0.25) is 0 Å². The normalized spacial score (nSPS) is 10.9. The van der Waals surface area contributed by atoms with Crippen molar-refractivity contribution in [1.29, 1.82) is 0 Å². The maximum atomic E-state index is 14.0. The van der Waals surface area contributed by atoms with Crippen LogP contribution in [0.2, 0.25) is 0 Å². The number of H-pyrrole nitrogens is 1. The van der Waals surface area contributed by atoms with Crippen LogP contribution in [0.25, 0.3) is 22.2 Å². The van der Waals surface area contributed by atoms with E-state index >= 15 is 0 Å². The largest absolute Gasteiger partial charge is 0.445 e. The number of hydrogen-bond acceptors (Lipinski definition) is 2. The number of halogens is 2. The summed E-state index contributed by atoms with van der Waals surface area (Å²) in [5, 5.41) is 0.288. The lowest BCUT2D eigenvalue weighted by Gasteiger charge is -2.06. The van der Waals surface area contributed by atoms with Gasteiger partial charge in [0.05, 0.1) is 11.2 Å². The summed E-state index contributed by atoms with van der Waals surface area (Å²) in [7, 11) is 5.65. The van der Waals surface area contributed by atoms with E-state index < -0.39 is 17.7 Å². The minimum Gasteiger partial charge on any atom is -0.445 e. The maximum absolute atomic E-state index is 14.0. The van der Waals surface area contributed by atoms with Crippen LogP contribution in [0.1, 0.15) is 5.56 Å². The molecule has 7 heteroatoms. The van der Waals surface area contributed by atoms with E-state index in [9.17, 15) is 13.6 Å². The van der Waals surface area contributed by atoms with Crippen molar-refractivity contribution in [2.75, 3.05) is 0 Å². The number of carbonyl (C=O) groups excluding carboxylic acids is 1. The van der Waals surface area contributed by atoms with Crippen LogP contribution in [0.15, 0.2) is 36.4 Å². The predicted octanol–water partition coefficient (Wildman–Crippen LogP) is 2.50. The molecular formula is C16H11BF2N2O2. The van der Waals surface area contributed by atoms with Gasteiger partial charge in [0.25, 0.3) is 0 Å². The minimum atomic E-state index is -0.973. The fourth-order valence-electron chi connectivity index (χ4n) is 2.46. The molecular weight excluding hydrogens is 301 g/mol. The van der Waals surface area contributed by atoms with Gasteiger partial charge in [-0.25, -0.2) is 13.6 Å². The molecule has 1 heterocycles. The molecule has 0 bridgehead atoms. The summed E-state index contributed by atoms with van der Waals surface area (Å²) < 4.78 is 32.3. The molecule has 0 aliphatic rings. The van der Waals surface area contributed by atoms with E-state index in [0.29, 0.717) is 22.3 Å². The van der Waals surface area contributed by atoms with Crippen LogP contribution in [0.5, 0.6) is 0 Å². The van der Waals surface area contributed by atoms with Gasteiger partial charge in [0.1, 0.15) is 26.1 Å². The minimum absolute atomic E-state index is 0.126. The van der Waals surface area contributed by atoms with Crippen molar-refractivity contribution in [3.63, 3.8) is 0 Å². The van der Waals surface area contributed by atoms with Crippen molar-refractivity contribution >= 4 is 30.3 Å². The molecule has 0 saturated heterocycles. The van der Waals surface area contributed by atoms with Crippen molar-refractivity contribution in [1.82, 2.24) is 4.98 Å². The Kier molecular flexibility index (Phi) is 3.77. The van der Waals surface area contributed by atoms with E-state index in [0.717, 1.165) is 6.07 Å². The van der Waals surface area contributed by atoms with Crippen molar-refractivity contribution in [3.05, 3.63) is 53.6 Å². The molecule has 0 aliphatic carbocycles. The number of benzene rings is 2. The van der Waals surface area contributed by atoms with Crippen LogP contribution in [0.4, 0.5) is 13.6 Å². The highest BCUT2D eigenvalue weighted by Gasteiger charge is 2.18. The van der Waals surface area contributed by atoms with Crippen molar-refractivity contribution < 1.29 is 18.3 Å². The standard InChI is InChI=1S/C16H11BF2N2O2/c17-9-3-1-8(2-4-9)14-12(7-23-16(20)22)11-5-10(18)6-13(19)15(11)21-14/h1-6,21H,7H2,(H2,20,22). The van der Waals surface area contributed by atoms with Crippen LogP contribution < -0.4 is 11.2 Å². The van der Waals surface area contributed by atoms with Gasteiger partial charge < -0.3 is 15.5 Å². The number of rotatable bonds is 3. The molecule has 3 rings (SSSR count). The van der Waals surface area contributed by atoms with E-state index in [-0.39, 0.29) is 17.5 Å². The summed E-state index contributed by atoms with van der Waals surface area (Å²) in [4.78, 5) is 13.8. The second-order valence-corrected chi connectivity index (χ2v) is 5.02. The Morgan fingerprint density at radius 2 is 1.91 bits per heavy atom. The number of carbonyl (C=O) groups is 1. The Labute approximate surface area is 131 Å². The van der Waals surface area contributed by atoms with E-state index in [4.69, 9.17) is 18.3 Å². The Balaban J connectivity index is 2.22. The topological polar surface area (TPSA) is 68.1 Å². The molecule has 1 aromatic heterocycles. The van der Waals surface area contributed by atoms with Gasteiger partial charge in [0, 0.05) is 17.0 Å². The molecule has 0 aliphatic heterocycles. The lowest BCUT2D eigenvalue weighted by atomic mass is 9.94. The second-order valence-electron chi connectivity index (χ2n) is 5.02. The fraction of sp³-hybridized carbons (Fsp3) is 0.0625. The number of ether oxygens (including phenoxy) is 1. The summed E-state index contributed by atoms with van der Waals surface area (Å²) in [5.41, 5.74) is 7.31. The summed E-state index contributed by atoms with van der Waals surface area (Å²) >= 11 is 0. The summed E-state index contributed by atoms with van der Waals surface area (Å²) in [6.45, 7) is -0.210. The number of aromatic nitrogens is 1. The number of nitrogens with two attached hydrogens (primary N) is 1. The van der Waals surface area contributed by atoms with Crippen LogP contribution in [-0.4, -0.2) is 18.9 Å². The third kappa shape index (κ3) is 2.90. The van der Waals surface area contributed by atoms with Crippen LogP contribution in [-0.2, 0) is 11.3 Å². The molecule has 0 atom stereocenters. The van der Waals surface area contributed by atoms with Gasteiger partial charge in [0.15, 0.2) is 0 Å². The van der Waals surface area contributed by atoms with Gasteiger partial charge in [-0.3, -0.25) is 0 Å². The Hall–Kier alpha value is -2.83. The lowest BCUT2D eigenvalue weighted by Crippen LogP contribution is -2.12. The van der Waals surface area contributed by atoms with Gasteiger partial charge in [-0.1, -0.05) is 29.7 Å². The summed E-state index contributed by atoms with van der Waals surface area (Å²) in [6.07, 6.45) is -0.973. The zero-order chi connectivity index (χ0) is 16.6. The fourth-order valence-corrected chi connectivity index (χ4v) is 2.46. The van der Waals surface area contributed by atoms with Crippen molar-refractivity contribution in [2.45, 2.75) is 6.61 Å². The number of hydrogen-bond donors (Lipinski definition) is 2.